The molecular formula is C23H30FN3O. The van der Waals surface area contributed by atoms with Gasteiger partial charge < -0.3 is 10.0 Å². The zero-order valence-electron chi connectivity index (χ0n) is 16.6. The fourth-order valence-electron chi connectivity index (χ4n) is 4.56. The maximum atomic E-state index is 14.1. The second-order valence-corrected chi connectivity index (χ2v) is 8.32. The van der Waals surface area contributed by atoms with Gasteiger partial charge in [0.05, 0.1) is 17.3 Å². The number of aliphatic hydroxyl groups is 1. The number of nitrogens with zero attached hydrogens (tertiary/aromatic N) is 3. The number of hydrogen-bond donors (Lipinski definition) is 1. The van der Waals surface area contributed by atoms with Crippen molar-refractivity contribution in [1.82, 2.24) is 9.80 Å². The van der Waals surface area contributed by atoms with Crippen LogP contribution in [0.5, 0.6) is 0 Å². The first-order valence-corrected chi connectivity index (χ1v) is 10.3. The van der Waals surface area contributed by atoms with Gasteiger partial charge in [0.1, 0.15) is 5.82 Å². The van der Waals surface area contributed by atoms with Gasteiger partial charge in [-0.1, -0.05) is 42.5 Å². The number of rotatable bonds is 4. The Morgan fingerprint density at radius 3 is 2.36 bits per heavy atom. The van der Waals surface area contributed by atoms with Gasteiger partial charge in [0, 0.05) is 45.8 Å². The topological polar surface area (TPSA) is 30.0 Å². The van der Waals surface area contributed by atoms with Crippen molar-refractivity contribution in [3.05, 3.63) is 66.0 Å². The van der Waals surface area contributed by atoms with Crippen LogP contribution in [0.25, 0.3) is 0 Å². The minimum Gasteiger partial charge on any atom is -0.388 e. The Labute approximate surface area is 167 Å². The van der Waals surface area contributed by atoms with Crippen LogP contribution in [0.15, 0.2) is 54.6 Å². The van der Waals surface area contributed by atoms with Crippen molar-refractivity contribution < 1.29 is 9.50 Å². The number of halogens is 1. The Balaban J connectivity index is 1.40. The molecule has 2 aromatic carbocycles. The van der Waals surface area contributed by atoms with Gasteiger partial charge in [-0.2, -0.15) is 0 Å². The molecule has 28 heavy (non-hydrogen) atoms. The first kappa shape index (κ1) is 19.4. The molecule has 2 aliphatic rings. The summed E-state index contributed by atoms with van der Waals surface area (Å²) in [5, 5.41) is 11.1. The second-order valence-electron chi connectivity index (χ2n) is 8.32. The lowest BCUT2D eigenvalue weighted by Crippen LogP contribution is -2.64. The molecule has 5 heteroatoms. The van der Waals surface area contributed by atoms with Crippen LogP contribution in [0, 0.1) is 5.82 Å². The van der Waals surface area contributed by atoms with E-state index in [-0.39, 0.29) is 11.9 Å². The van der Waals surface area contributed by atoms with E-state index < -0.39 is 5.60 Å². The van der Waals surface area contributed by atoms with Crippen molar-refractivity contribution in [2.75, 3.05) is 44.2 Å². The average Bonchev–Trinajstić information content (AvgIpc) is 2.71. The molecule has 0 aromatic heterocycles. The maximum Gasteiger partial charge on any atom is 0.146 e. The molecule has 0 amide bonds. The van der Waals surface area contributed by atoms with Crippen LogP contribution >= 0.6 is 0 Å². The third-order valence-corrected chi connectivity index (χ3v) is 6.28. The summed E-state index contributed by atoms with van der Waals surface area (Å²) >= 11 is 0. The van der Waals surface area contributed by atoms with Crippen molar-refractivity contribution in [3.8, 4) is 0 Å². The normalized spacial score (nSPS) is 27.1. The molecule has 2 unspecified atom stereocenters. The first-order valence-electron chi connectivity index (χ1n) is 10.3. The maximum absolute atomic E-state index is 14.1. The minimum absolute atomic E-state index is 0.104. The summed E-state index contributed by atoms with van der Waals surface area (Å²) in [5.41, 5.74) is 1.31. The summed E-state index contributed by atoms with van der Waals surface area (Å²) in [7, 11) is 0. The Hall–Kier alpha value is -1.95. The smallest absolute Gasteiger partial charge is 0.146 e. The van der Waals surface area contributed by atoms with E-state index in [1.165, 1.54) is 11.6 Å². The highest BCUT2D eigenvalue weighted by molar-refractivity contribution is 5.48. The van der Waals surface area contributed by atoms with Crippen LogP contribution < -0.4 is 4.90 Å². The van der Waals surface area contributed by atoms with E-state index in [0.717, 1.165) is 52.2 Å². The molecule has 4 nitrogen and oxygen atoms in total. The molecule has 0 radical (unpaired) electrons. The lowest BCUT2D eigenvalue weighted by atomic mass is 9.86. The molecular weight excluding hydrogens is 353 g/mol. The van der Waals surface area contributed by atoms with Crippen LogP contribution in [0.4, 0.5) is 10.1 Å². The van der Waals surface area contributed by atoms with Crippen LogP contribution in [-0.2, 0) is 6.54 Å². The highest BCUT2D eigenvalue weighted by atomic mass is 19.1. The summed E-state index contributed by atoms with van der Waals surface area (Å²) in [6, 6.07) is 17.6. The van der Waals surface area contributed by atoms with E-state index in [4.69, 9.17) is 0 Å². The standard InChI is InChI=1S/C23H30FN3O/c1-23(28)11-12-25(17-19-7-3-2-4-8-19)18-22(23)27-15-13-26(14-16-27)21-10-6-5-9-20(21)24/h2-10,22,28H,11-18H2,1H3. The van der Waals surface area contributed by atoms with Gasteiger partial charge in [-0.3, -0.25) is 9.80 Å². The number of hydrogen-bond acceptors (Lipinski definition) is 4. The molecule has 2 atom stereocenters. The first-order chi connectivity index (χ1) is 13.5. The molecule has 2 saturated heterocycles. The zero-order valence-corrected chi connectivity index (χ0v) is 16.6. The van der Waals surface area contributed by atoms with Crippen LogP contribution in [-0.4, -0.2) is 65.8 Å². The second kappa shape index (κ2) is 8.19. The summed E-state index contributed by atoms with van der Waals surface area (Å²) in [4.78, 5) is 6.96. The lowest BCUT2D eigenvalue weighted by molar-refractivity contribution is -0.0846. The van der Waals surface area contributed by atoms with E-state index in [1.807, 2.05) is 25.1 Å². The van der Waals surface area contributed by atoms with Gasteiger partial charge in [-0.25, -0.2) is 4.39 Å². The molecule has 0 saturated carbocycles. The number of para-hydroxylation sites is 1. The lowest BCUT2D eigenvalue weighted by Gasteiger charge is -2.50. The Morgan fingerprint density at radius 1 is 0.964 bits per heavy atom. The van der Waals surface area contributed by atoms with Crippen LogP contribution in [0.1, 0.15) is 18.9 Å². The van der Waals surface area contributed by atoms with Gasteiger partial charge in [0.2, 0.25) is 0 Å². The van der Waals surface area contributed by atoms with Gasteiger partial charge in [-0.15, -0.1) is 0 Å². The zero-order chi connectivity index (χ0) is 19.6. The molecule has 2 aromatic rings. The van der Waals surface area contributed by atoms with E-state index in [0.29, 0.717) is 5.69 Å². The van der Waals surface area contributed by atoms with E-state index in [2.05, 4.69) is 39.0 Å². The van der Waals surface area contributed by atoms with Gasteiger partial charge in [0.15, 0.2) is 0 Å². The third-order valence-electron chi connectivity index (χ3n) is 6.28. The highest BCUT2D eigenvalue weighted by Gasteiger charge is 2.41. The predicted octanol–water partition coefficient (Wildman–Crippen LogP) is 2.97. The Morgan fingerprint density at radius 2 is 1.64 bits per heavy atom. The molecule has 2 fully saturated rings. The molecule has 150 valence electrons. The highest BCUT2D eigenvalue weighted by Crippen LogP contribution is 2.29. The molecule has 2 heterocycles. The van der Waals surface area contributed by atoms with Crippen LogP contribution in [0.2, 0.25) is 0 Å². The number of likely N-dealkylation sites (tertiary alicyclic amines) is 1. The van der Waals surface area contributed by atoms with E-state index in [1.54, 1.807) is 6.07 Å². The van der Waals surface area contributed by atoms with Gasteiger partial charge in [0.25, 0.3) is 0 Å². The fourth-order valence-corrected chi connectivity index (χ4v) is 4.56. The van der Waals surface area contributed by atoms with Gasteiger partial charge >= 0.3 is 0 Å². The quantitative estimate of drug-likeness (QED) is 0.879. The van der Waals surface area contributed by atoms with Crippen molar-refractivity contribution in [3.63, 3.8) is 0 Å². The number of benzene rings is 2. The van der Waals surface area contributed by atoms with E-state index >= 15 is 0 Å². The molecule has 0 aliphatic carbocycles. The molecule has 1 N–H and O–H groups in total. The Kier molecular flexibility index (Phi) is 5.67. The predicted molar refractivity (Wildman–Crippen MR) is 111 cm³/mol. The molecule has 0 spiro atoms. The monoisotopic (exact) mass is 383 g/mol. The van der Waals surface area contributed by atoms with Crippen molar-refractivity contribution >= 4 is 5.69 Å². The Bertz CT molecular complexity index is 774. The SMILES string of the molecule is CC1(O)CCN(Cc2ccccc2)CC1N1CCN(c2ccccc2F)CC1. The largest absolute Gasteiger partial charge is 0.388 e. The van der Waals surface area contributed by atoms with Crippen molar-refractivity contribution in [1.29, 1.82) is 0 Å². The number of anilines is 1. The van der Waals surface area contributed by atoms with Crippen molar-refractivity contribution in [2.24, 2.45) is 0 Å². The average molecular weight is 384 g/mol. The number of piperazine rings is 1. The number of piperidine rings is 1. The van der Waals surface area contributed by atoms with Gasteiger partial charge in [-0.05, 0) is 31.0 Å². The summed E-state index contributed by atoms with van der Waals surface area (Å²) < 4.78 is 14.1. The van der Waals surface area contributed by atoms with E-state index in [9.17, 15) is 9.50 Å². The fraction of sp³-hybridized carbons (Fsp3) is 0.478. The summed E-state index contributed by atoms with van der Waals surface area (Å²) in [5.74, 6) is -0.158. The molecule has 2 aliphatic heterocycles. The molecule has 0 bridgehead atoms. The minimum atomic E-state index is -0.687. The third kappa shape index (κ3) is 4.22. The van der Waals surface area contributed by atoms with Crippen molar-refractivity contribution in [2.45, 2.75) is 31.5 Å². The molecule has 4 rings (SSSR count). The van der Waals surface area contributed by atoms with Crippen LogP contribution in [0.3, 0.4) is 0 Å². The summed E-state index contributed by atoms with van der Waals surface area (Å²) in [6.07, 6.45) is 0.776. The summed E-state index contributed by atoms with van der Waals surface area (Å²) in [6.45, 7) is 7.92.